The molecule has 2 amide bonds. The number of aromatic nitrogens is 1. The zero-order valence-electron chi connectivity index (χ0n) is 25.6. The van der Waals surface area contributed by atoms with Crippen LogP contribution in [0.15, 0.2) is 103 Å². The van der Waals surface area contributed by atoms with Gasteiger partial charge in [-0.2, -0.15) is 0 Å². The van der Waals surface area contributed by atoms with Gasteiger partial charge in [0.15, 0.2) is 0 Å². The minimum atomic E-state index is -1.03. The quantitative estimate of drug-likeness (QED) is 0.175. The van der Waals surface area contributed by atoms with Crippen molar-refractivity contribution in [1.82, 2.24) is 9.88 Å². The molecule has 0 radical (unpaired) electrons. The van der Waals surface area contributed by atoms with Gasteiger partial charge in [0.1, 0.15) is 35.4 Å². The summed E-state index contributed by atoms with van der Waals surface area (Å²) in [5, 5.41) is 23.9. The molecule has 4 rings (SSSR count). The molecule has 2 atom stereocenters. The second kappa shape index (κ2) is 15.7. The largest absolute Gasteiger partial charge is 0.491 e. The van der Waals surface area contributed by atoms with Gasteiger partial charge in [-0.1, -0.05) is 48.5 Å². The average molecular weight is 614 g/mol. The Labute approximate surface area is 263 Å². The van der Waals surface area contributed by atoms with Crippen molar-refractivity contribution in [3.8, 4) is 17.4 Å². The summed E-state index contributed by atoms with van der Waals surface area (Å²) in [6.07, 6.45) is 0.132. The van der Waals surface area contributed by atoms with E-state index in [1.54, 1.807) is 87.6 Å². The highest BCUT2D eigenvalue weighted by Crippen LogP contribution is 2.24. The number of carbonyl (C=O) groups is 2. The fourth-order valence-corrected chi connectivity index (χ4v) is 4.40. The Hall–Kier alpha value is -4.93. The zero-order chi connectivity index (χ0) is 32.2. The number of aliphatic hydroxyl groups excluding tert-OH is 2. The molecule has 3 aromatic carbocycles. The van der Waals surface area contributed by atoms with Crippen molar-refractivity contribution < 1.29 is 34.0 Å². The molecule has 45 heavy (non-hydrogen) atoms. The Balaban J connectivity index is 1.42. The number of ether oxygens (including phenoxy) is 3. The van der Waals surface area contributed by atoms with Gasteiger partial charge in [0.2, 0.25) is 5.88 Å². The van der Waals surface area contributed by atoms with Crippen LogP contribution in [0.2, 0.25) is 0 Å². The van der Waals surface area contributed by atoms with Crippen LogP contribution in [0.4, 0.5) is 10.5 Å². The van der Waals surface area contributed by atoms with E-state index in [4.69, 9.17) is 14.2 Å². The molecule has 0 spiro atoms. The van der Waals surface area contributed by atoms with Crippen molar-refractivity contribution in [3.05, 3.63) is 114 Å². The highest BCUT2D eigenvalue weighted by atomic mass is 16.6. The monoisotopic (exact) mass is 613 g/mol. The standard InChI is InChI=1S/C35H39N3O7/c1-35(2,3)45-34(42)38(22-28(40)24-43-29-11-6-4-7-12-29)27(23-39)21-25-16-18-26(19-17-25)37-32(41)31-15-10-20-36-33(31)44-30-13-8-5-9-14-30/h4-20,27-28,39-40H,21-24H2,1-3H3,(H,37,41)/t27-,28?/m0/s1. The van der Waals surface area contributed by atoms with Gasteiger partial charge in [-0.05, 0) is 81.3 Å². The van der Waals surface area contributed by atoms with Gasteiger partial charge >= 0.3 is 6.09 Å². The van der Waals surface area contributed by atoms with Gasteiger partial charge in [-0.3, -0.25) is 9.69 Å². The number of nitrogens with zero attached hydrogens (tertiary/aromatic N) is 2. The summed E-state index contributed by atoms with van der Waals surface area (Å²) in [6.45, 7) is 4.73. The molecular formula is C35H39N3O7. The number of amides is 2. The molecule has 236 valence electrons. The van der Waals surface area contributed by atoms with Crippen molar-refractivity contribution in [2.75, 3.05) is 25.1 Å². The maximum atomic E-state index is 13.2. The Bertz CT molecular complexity index is 1510. The predicted octanol–water partition coefficient (Wildman–Crippen LogP) is 5.71. The molecule has 10 heteroatoms. The Kier molecular flexibility index (Phi) is 11.5. The fourth-order valence-electron chi connectivity index (χ4n) is 4.40. The van der Waals surface area contributed by atoms with Crippen molar-refractivity contribution in [3.63, 3.8) is 0 Å². The summed E-state index contributed by atoms with van der Waals surface area (Å²) in [5.41, 5.74) is 0.830. The first-order valence-electron chi connectivity index (χ1n) is 14.7. The van der Waals surface area contributed by atoms with E-state index in [0.29, 0.717) is 17.2 Å². The van der Waals surface area contributed by atoms with Crippen LogP contribution in [0, 0.1) is 0 Å². The first-order valence-corrected chi connectivity index (χ1v) is 14.7. The van der Waals surface area contributed by atoms with Crippen LogP contribution in [0.5, 0.6) is 17.4 Å². The summed E-state index contributed by atoms with van der Waals surface area (Å²) < 4.78 is 17.1. The first kappa shape index (κ1) is 33.0. The first-order chi connectivity index (χ1) is 21.6. The van der Waals surface area contributed by atoms with E-state index < -0.39 is 29.7 Å². The fraction of sp³-hybridized carbons (Fsp3) is 0.286. The molecule has 0 aliphatic heterocycles. The van der Waals surface area contributed by atoms with Crippen molar-refractivity contribution in [1.29, 1.82) is 0 Å². The Morgan fingerprint density at radius 1 is 0.889 bits per heavy atom. The van der Waals surface area contributed by atoms with Crippen molar-refractivity contribution >= 4 is 17.7 Å². The molecule has 1 unspecified atom stereocenters. The minimum Gasteiger partial charge on any atom is -0.491 e. The van der Waals surface area contributed by atoms with Gasteiger partial charge in [-0.25, -0.2) is 9.78 Å². The lowest BCUT2D eigenvalue weighted by atomic mass is 10.0. The molecule has 0 fully saturated rings. The van der Waals surface area contributed by atoms with E-state index in [1.807, 2.05) is 36.4 Å². The number of aliphatic hydroxyl groups is 2. The van der Waals surface area contributed by atoms with Gasteiger partial charge in [-0.15, -0.1) is 0 Å². The van der Waals surface area contributed by atoms with Crippen LogP contribution < -0.4 is 14.8 Å². The van der Waals surface area contributed by atoms with E-state index in [1.165, 1.54) is 4.90 Å². The smallest absolute Gasteiger partial charge is 0.410 e. The average Bonchev–Trinajstić information content (AvgIpc) is 3.03. The van der Waals surface area contributed by atoms with Crippen LogP contribution in [-0.4, -0.2) is 69.6 Å². The van der Waals surface area contributed by atoms with E-state index in [-0.39, 0.29) is 37.6 Å². The molecule has 0 saturated heterocycles. The minimum absolute atomic E-state index is 0.0507. The highest BCUT2D eigenvalue weighted by molar-refractivity contribution is 6.05. The van der Waals surface area contributed by atoms with Crippen molar-refractivity contribution in [2.24, 2.45) is 0 Å². The number of carbonyl (C=O) groups excluding carboxylic acids is 2. The molecular weight excluding hydrogens is 574 g/mol. The van der Waals surface area contributed by atoms with Crippen LogP contribution >= 0.6 is 0 Å². The Morgan fingerprint density at radius 3 is 2.16 bits per heavy atom. The zero-order valence-corrected chi connectivity index (χ0v) is 25.6. The van der Waals surface area contributed by atoms with Gasteiger partial charge < -0.3 is 29.7 Å². The van der Waals surface area contributed by atoms with Crippen LogP contribution in [-0.2, 0) is 11.2 Å². The van der Waals surface area contributed by atoms with Crippen LogP contribution in [0.3, 0.4) is 0 Å². The van der Waals surface area contributed by atoms with Gasteiger partial charge in [0.25, 0.3) is 5.91 Å². The number of anilines is 1. The van der Waals surface area contributed by atoms with E-state index >= 15 is 0 Å². The summed E-state index contributed by atoms with van der Waals surface area (Å²) in [5.74, 6) is 0.944. The molecule has 0 bridgehead atoms. The lowest BCUT2D eigenvalue weighted by Crippen LogP contribution is -2.50. The van der Waals surface area contributed by atoms with Gasteiger partial charge in [0.05, 0.1) is 19.2 Å². The molecule has 10 nitrogen and oxygen atoms in total. The molecule has 4 aromatic rings. The molecule has 0 aliphatic carbocycles. The predicted molar refractivity (Wildman–Crippen MR) is 171 cm³/mol. The molecule has 0 saturated carbocycles. The summed E-state index contributed by atoms with van der Waals surface area (Å²) >= 11 is 0. The molecule has 1 aromatic heterocycles. The number of para-hydroxylation sites is 2. The topological polar surface area (TPSA) is 130 Å². The lowest BCUT2D eigenvalue weighted by Gasteiger charge is -2.34. The third kappa shape index (κ3) is 10.3. The summed E-state index contributed by atoms with van der Waals surface area (Å²) in [4.78, 5) is 31.8. The van der Waals surface area contributed by atoms with Gasteiger partial charge in [0, 0.05) is 11.9 Å². The van der Waals surface area contributed by atoms with E-state index in [2.05, 4.69) is 10.3 Å². The molecule has 3 N–H and O–H groups in total. The van der Waals surface area contributed by atoms with E-state index in [9.17, 15) is 19.8 Å². The highest BCUT2D eigenvalue weighted by Gasteiger charge is 2.30. The lowest BCUT2D eigenvalue weighted by molar-refractivity contribution is -0.00891. The maximum Gasteiger partial charge on any atom is 0.410 e. The summed E-state index contributed by atoms with van der Waals surface area (Å²) in [6, 6.07) is 27.8. The second-order valence-electron chi connectivity index (χ2n) is 11.4. The number of hydrogen-bond donors (Lipinski definition) is 3. The third-order valence-electron chi connectivity index (χ3n) is 6.53. The number of benzene rings is 3. The van der Waals surface area contributed by atoms with Crippen LogP contribution in [0.1, 0.15) is 36.7 Å². The maximum absolute atomic E-state index is 13.2. The number of hydrogen-bond acceptors (Lipinski definition) is 8. The third-order valence-corrected chi connectivity index (χ3v) is 6.53. The number of pyridine rings is 1. The van der Waals surface area contributed by atoms with E-state index in [0.717, 1.165) is 5.56 Å². The number of nitrogens with one attached hydrogen (secondary N) is 1. The number of rotatable bonds is 13. The molecule has 1 heterocycles. The normalized spacial score (nSPS) is 12.5. The van der Waals surface area contributed by atoms with Crippen molar-refractivity contribution in [2.45, 2.75) is 44.9 Å². The summed E-state index contributed by atoms with van der Waals surface area (Å²) in [7, 11) is 0. The Morgan fingerprint density at radius 2 is 1.53 bits per heavy atom. The SMILES string of the molecule is CC(C)(C)OC(=O)N(CC(O)COc1ccccc1)[C@H](CO)Cc1ccc(NC(=O)c2cccnc2Oc2ccccc2)cc1. The molecule has 0 aliphatic rings. The second-order valence-corrected chi connectivity index (χ2v) is 11.4. The van der Waals surface area contributed by atoms with Crippen LogP contribution in [0.25, 0.3) is 0 Å².